The maximum atomic E-state index is 11.5. The average molecular weight is 268 g/mol. The van der Waals surface area contributed by atoms with Gasteiger partial charge >= 0.3 is 6.09 Å². The van der Waals surface area contributed by atoms with Crippen molar-refractivity contribution < 1.29 is 9.90 Å². The maximum absolute atomic E-state index is 11.5. The first-order valence-corrected chi connectivity index (χ1v) is 7.66. The van der Waals surface area contributed by atoms with Gasteiger partial charge in [0.1, 0.15) is 0 Å². The second kappa shape index (κ2) is 5.70. The van der Waals surface area contributed by atoms with Crippen LogP contribution < -0.4 is 0 Å². The summed E-state index contributed by atoms with van der Waals surface area (Å²) in [6.07, 6.45) is 6.62. The van der Waals surface area contributed by atoms with Crippen molar-refractivity contribution >= 4 is 6.09 Å². The van der Waals surface area contributed by atoms with Gasteiger partial charge in [-0.3, -0.25) is 0 Å². The molecule has 0 atom stereocenters. The second-order valence-electron chi connectivity index (χ2n) is 7.03. The van der Waals surface area contributed by atoms with Crippen LogP contribution in [0.1, 0.15) is 59.3 Å². The molecule has 0 unspecified atom stereocenters. The number of rotatable bonds is 2. The van der Waals surface area contributed by atoms with Crippen molar-refractivity contribution in [3.8, 4) is 0 Å². The van der Waals surface area contributed by atoms with Crippen LogP contribution in [0.15, 0.2) is 0 Å². The standard InChI is InChI=1S/C15H28N2O2/c1-15(2,3)17(14(18)19)13-8-10-16(11-9-13)12-6-4-5-7-12/h12-13H,4-11H2,1-3H3,(H,18,19). The Bertz CT molecular complexity index is 311. The van der Waals surface area contributed by atoms with Crippen LogP contribution >= 0.6 is 0 Å². The van der Waals surface area contributed by atoms with Crippen molar-refractivity contribution in [3.05, 3.63) is 0 Å². The zero-order chi connectivity index (χ0) is 14.0. The molecule has 1 aliphatic carbocycles. The van der Waals surface area contributed by atoms with E-state index in [1.54, 1.807) is 4.90 Å². The summed E-state index contributed by atoms with van der Waals surface area (Å²) in [4.78, 5) is 15.8. The van der Waals surface area contributed by atoms with Gasteiger partial charge in [0.05, 0.1) is 0 Å². The Morgan fingerprint density at radius 3 is 2.05 bits per heavy atom. The smallest absolute Gasteiger partial charge is 0.407 e. The summed E-state index contributed by atoms with van der Waals surface area (Å²) in [6.45, 7) is 8.10. The third-order valence-corrected chi connectivity index (χ3v) is 4.63. The molecule has 1 heterocycles. The van der Waals surface area contributed by atoms with Gasteiger partial charge in [-0.25, -0.2) is 4.79 Å². The van der Waals surface area contributed by atoms with Gasteiger partial charge in [-0.05, 0) is 46.5 Å². The van der Waals surface area contributed by atoms with Crippen LogP contribution in [0.4, 0.5) is 4.79 Å². The molecule has 0 aromatic carbocycles. The lowest BCUT2D eigenvalue weighted by Gasteiger charge is -2.44. The molecular formula is C15H28N2O2. The molecule has 2 fully saturated rings. The van der Waals surface area contributed by atoms with Crippen molar-refractivity contribution in [2.24, 2.45) is 0 Å². The first-order valence-electron chi connectivity index (χ1n) is 7.66. The number of nitrogens with zero attached hydrogens (tertiary/aromatic N) is 2. The lowest BCUT2D eigenvalue weighted by atomic mass is 9.96. The van der Waals surface area contributed by atoms with Crippen molar-refractivity contribution in [1.82, 2.24) is 9.80 Å². The molecular weight excluding hydrogens is 240 g/mol. The molecule has 1 aliphatic heterocycles. The minimum absolute atomic E-state index is 0.190. The number of piperidine rings is 1. The summed E-state index contributed by atoms with van der Waals surface area (Å²) in [5.74, 6) is 0. The van der Waals surface area contributed by atoms with E-state index in [1.807, 2.05) is 20.8 Å². The molecule has 4 heteroatoms. The molecule has 2 rings (SSSR count). The van der Waals surface area contributed by atoms with Crippen LogP contribution in [0.3, 0.4) is 0 Å². The molecule has 0 radical (unpaired) electrons. The fourth-order valence-corrected chi connectivity index (χ4v) is 3.77. The third kappa shape index (κ3) is 3.41. The monoisotopic (exact) mass is 268 g/mol. The van der Waals surface area contributed by atoms with Gasteiger partial charge in [0, 0.05) is 30.7 Å². The molecule has 0 aromatic heterocycles. The number of carboxylic acid groups (broad SMARTS) is 1. The van der Waals surface area contributed by atoms with Gasteiger partial charge in [-0.1, -0.05) is 12.8 Å². The minimum Gasteiger partial charge on any atom is -0.465 e. The Labute approximate surface area is 116 Å². The van der Waals surface area contributed by atoms with E-state index in [0.29, 0.717) is 0 Å². The van der Waals surface area contributed by atoms with E-state index >= 15 is 0 Å². The molecule has 110 valence electrons. The summed E-state index contributed by atoms with van der Waals surface area (Å²) in [6, 6.07) is 0.962. The number of hydrogen-bond donors (Lipinski definition) is 1. The third-order valence-electron chi connectivity index (χ3n) is 4.63. The van der Waals surface area contributed by atoms with Gasteiger partial charge in [0.2, 0.25) is 0 Å². The molecule has 1 saturated carbocycles. The Kier molecular flexibility index (Phi) is 4.39. The fourth-order valence-electron chi connectivity index (χ4n) is 3.77. The predicted octanol–water partition coefficient (Wildman–Crippen LogP) is 3.17. The highest BCUT2D eigenvalue weighted by atomic mass is 16.4. The SMILES string of the molecule is CC(C)(C)N(C(=O)O)C1CCN(C2CCCC2)CC1. The van der Waals surface area contributed by atoms with Crippen molar-refractivity contribution in [2.75, 3.05) is 13.1 Å². The van der Waals surface area contributed by atoms with E-state index in [-0.39, 0.29) is 11.6 Å². The van der Waals surface area contributed by atoms with E-state index in [0.717, 1.165) is 32.0 Å². The molecule has 1 N–H and O–H groups in total. The molecule has 0 spiro atoms. The van der Waals surface area contributed by atoms with Gasteiger partial charge in [-0.15, -0.1) is 0 Å². The van der Waals surface area contributed by atoms with Crippen LogP contribution in [-0.4, -0.2) is 51.7 Å². The predicted molar refractivity (Wildman–Crippen MR) is 76.5 cm³/mol. The van der Waals surface area contributed by atoms with E-state index < -0.39 is 6.09 Å². The number of likely N-dealkylation sites (tertiary alicyclic amines) is 1. The number of amides is 1. The fraction of sp³-hybridized carbons (Fsp3) is 0.933. The average Bonchev–Trinajstić information content (AvgIpc) is 2.81. The molecule has 0 aromatic rings. The zero-order valence-corrected chi connectivity index (χ0v) is 12.6. The lowest BCUT2D eigenvalue weighted by molar-refractivity contribution is 0.0342. The first-order chi connectivity index (χ1) is 8.89. The summed E-state index contributed by atoms with van der Waals surface area (Å²) < 4.78 is 0. The van der Waals surface area contributed by atoms with Crippen LogP contribution in [0.5, 0.6) is 0 Å². The van der Waals surface area contributed by atoms with E-state index in [9.17, 15) is 9.90 Å². The maximum Gasteiger partial charge on any atom is 0.407 e. The van der Waals surface area contributed by atoms with Crippen LogP contribution in [0, 0.1) is 0 Å². The normalized spacial score (nSPS) is 23.7. The molecule has 1 amide bonds. The van der Waals surface area contributed by atoms with E-state index in [2.05, 4.69) is 4.90 Å². The van der Waals surface area contributed by atoms with Crippen LogP contribution in [0.25, 0.3) is 0 Å². The topological polar surface area (TPSA) is 43.8 Å². The molecule has 19 heavy (non-hydrogen) atoms. The Morgan fingerprint density at radius 1 is 1.11 bits per heavy atom. The molecule has 4 nitrogen and oxygen atoms in total. The minimum atomic E-state index is -0.771. The largest absolute Gasteiger partial charge is 0.465 e. The molecule has 1 saturated heterocycles. The summed E-state index contributed by atoms with van der Waals surface area (Å²) in [7, 11) is 0. The van der Waals surface area contributed by atoms with Crippen molar-refractivity contribution in [3.63, 3.8) is 0 Å². The van der Waals surface area contributed by atoms with Crippen molar-refractivity contribution in [2.45, 2.75) is 76.9 Å². The van der Waals surface area contributed by atoms with Gasteiger partial charge in [0.25, 0.3) is 0 Å². The second-order valence-corrected chi connectivity index (χ2v) is 7.03. The zero-order valence-electron chi connectivity index (χ0n) is 12.6. The quantitative estimate of drug-likeness (QED) is 0.836. The molecule has 0 bridgehead atoms. The van der Waals surface area contributed by atoms with E-state index in [1.165, 1.54) is 25.7 Å². The van der Waals surface area contributed by atoms with Gasteiger partial charge < -0.3 is 14.9 Å². The molecule has 2 aliphatic rings. The number of hydrogen-bond acceptors (Lipinski definition) is 2. The van der Waals surface area contributed by atoms with Crippen molar-refractivity contribution in [1.29, 1.82) is 0 Å². The highest BCUT2D eigenvalue weighted by molar-refractivity contribution is 5.66. The first kappa shape index (κ1) is 14.6. The summed E-state index contributed by atoms with van der Waals surface area (Å²) in [5.41, 5.74) is -0.300. The van der Waals surface area contributed by atoms with Crippen LogP contribution in [0.2, 0.25) is 0 Å². The lowest BCUT2D eigenvalue weighted by Crippen LogP contribution is -2.55. The summed E-state index contributed by atoms with van der Waals surface area (Å²) >= 11 is 0. The Hall–Kier alpha value is -0.770. The Balaban J connectivity index is 1.92. The highest BCUT2D eigenvalue weighted by Crippen LogP contribution is 2.29. The van der Waals surface area contributed by atoms with Gasteiger partial charge in [-0.2, -0.15) is 0 Å². The Morgan fingerprint density at radius 2 is 1.63 bits per heavy atom. The summed E-state index contributed by atoms with van der Waals surface area (Å²) in [5, 5.41) is 9.45. The number of carbonyl (C=O) groups is 1. The van der Waals surface area contributed by atoms with Crippen LogP contribution in [-0.2, 0) is 0 Å². The van der Waals surface area contributed by atoms with Gasteiger partial charge in [0.15, 0.2) is 0 Å². The highest BCUT2D eigenvalue weighted by Gasteiger charge is 2.36. The van der Waals surface area contributed by atoms with E-state index in [4.69, 9.17) is 0 Å².